The summed E-state index contributed by atoms with van der Waals surface area (Å²) >= 11 is 7.21. The highest BCUT2D eigenvalue weighted by Crippen LogP contribution is 2.22. The maximum absolute atomic E-state index is 13.6. The van der Waals surface area contributed by atoms with Gasteiger partial charge in [0.1, 0.15) is 5.82 Å². The molecule has 0 radical (unpaired) electrons. The largest absolute Gasteiger partial charge is 0.374 e. The van der Waals surface area contributed by atoms with Gasteiger partial charge in [-0.05, 0) is 29.6 Å². The lowest BCUT2D eigenvalue weighted by molar-refractivity contribution is 0.384. The Balaban J connectivity index is 1.70. The average Bonchev–Trinajstić information content (AvgIpc) is 3.08. The van der Waals surface area contributed by atoms with Gasteiger partial charge >= 0.3 is 0 Å². The van der Waals surface area contributed by atoms with Crippen molar-refractivity contribution in [3.63, 3.8) is 0 Å². The first-order chi connectivity index (χ1) is 9.72. The smallest absolute Gasteiger partial charge is 0.246 e. The molecule has 0 aliphatic carbocycles. The van der Waals surface area contributed by atoms with Gasteiger partial charge in [0.2, 0.25) is 11.7 Å². The van der Waals surface area contributed by atoms with E-state index in [4.69, 9.17) is 16.1 Å². The molecule has 20 heavy (non-hydrogen) atoms. The van der Waals surface area contributed by atoms with Crippen molar-refractivity contribution in [3.8, 4) is 10.7 Å². The number of halogens is 2. The molecule has 1 aromatic carbocycles. The molecule has 2 heterocycles. The molecule has 3 aromatic rings. The topological polar surface area (TPSA) is 51.0 Å². The van der Waals surface area contributed by atoms with Crippen LogP contribution in [0.1, 0.15) is 5.89 Å². The number of anilines is 1. The lowest BCUT2D eigenvalue weighted by Gasteiger charge is -2.04. The SMILES string of the molecule is Fc1cc(Cl)ccc1NCc1nc(-c2cccs2)no1. The summed E-state index contributed by atoms with van der Waals surface area (Å²) in [5, 5.41) is 9.06. The Bertz CT molecular complexity index is 714. The van der Waals surface area contributed by atoms with E-state index in [1.54, 1.807) is 12.1 Å². The van der Waals surface area contributed by atoms with Crippen molar-refractivity contribution in [2.45, 2.75) is 6.54 Å². The summed E-state index contributed by atoms with van der Waals surface area (Å²) in [4.78, 5) is 5.17. The molecule has 0 unspecified atom stereocenters. The number of hydrogen-bond acceptors (Lipinski definition) is 5. The molecular weight excluding hydrogens is 301 g/mol. The zero-order valence-corrected chi connectivity index (χ0v) is 11.7. The Morgan fingerprint density at radius 2 is 2.25 bits per heavy atom. The maximum Gasteiger partial charge on any atom is 0.246 e. The third kappa shape index (κ3) is 2.81. The third-order valence-electron chi connectivity index (χ3n) is 2.57. The predicted molar refractivity (Wildman–Crippen MR) is 76.3 cm³/mol. The van der Waals surface area contributed by atoms with Gasteiger partial charge in [-0.3, -0.25) is 0 Å². The van der Waals surface area contributed by atoms with Crippen LogP contribution in [0.2, 0.25) is 5.02 Å². The maximum atomic E-state index is 13.6. The minimum atomic E-state index is -0.421. The van der Waals surface area contributed by atoms with E-state index in [-0.39, 0.29) is 6.54 Å². The second-order valence-corrected chi connectivity index (χ2v) is 5.35. The highest BCUT2D eigenvalue weighted by molar-refractivity contribution is 7.13. The molecule has 3 rings (SSSR count). The summed E-state index contributed by atoms with van der Waals surface area (Å²) in [5.74, 6) is 0.506. The minimum absolute atomic E-state index is 0.247. The molecular formula is C13H9ClFN3OS. The van der Waals surface area contributed by atoms with Crippen molar-refractivity contribution in [1.82, 2.24) is 10.1 Å². The number of nitrogens with one attached hydrogen (secondary N) is 1. The molecule has 0 saturated carbocycles. The molecule has 0 fully saturated rings. The summed E-state index contributed by atoms with van der Waals surface area (Å²) in [7, 11) is 0. The number of aromatic nitrogens is 2. The molecule has 0 amide bonds. The van der Waals surface area contributed by atoms with Gasteiger partial charge in [-0.1, -0.05) is 22.8 Å². The Labute approximate surface area is 123 Å². The van der Waals surface area contributed by atoms with Gasteiger partial charge in [0.15, 0.2) is 0 Å². The molecule has 4 nitrogen and oxygen atoms in total. The van der Waals surface area contributed by atoms with Crippen molar-refractivity contribution in [1.29, 1.82) is 0 Å². The van der Waals surface area contributed by atoms with Crippen molar-refractivity contribution in [2.75, 3.05) is 5.32 Å². The molecule has 0 spiro atoms. The van der Waals surface area contributed by atoms with E-state index < -0.39 is 5.82 Å². The lowest BCUT2D eigenvalue weighted by Crippen LogP contribution is -2.01. The number of benzene rings is 1. The molecule has 0 aliphatic rings. The van der Waals surface area contributed by atoms with Gasteiger partial charge in [-0.15, -0.1) is 11.3 Å². The molecule has 102 valence electrons. The van der Waals surface area contributed by atoms with E-state index in [1.165, 1.54) is 17.4 Å². The van der Waals surface area contributed by atoms with Crippen molar-refractivity contribution in [2.24, 2.45) is 0 Å². The lowest BCUT2D eigenvalue weighted by atomic mass is 10.3. The standard InChI is InChI=1S/C13H9ClFN3OS/c14-8-3-4-10(9(15)6-8)16-7-12-17-13(18-19-12)11-2-1-5-20-11/h1-6,16H,7H2. The Kier molecular flexibility index (Phi) is 3.66. The van der Waals surface area contributed by atoms with E-state index in [2.05, 4.69) is 15.5 Å². The molecule has 7 heteroatoms. The Morgan fingerprint density at radius 3 is 3.00 bits per heavy atom. The van der Waals surface area contributed by atoms with Crippen LogP contribution in [-0.2, 0) is 6.54 Å². The van der Waals surface area contributed by atoms with Gasteiger partial charge in [0, 0.05) is 5.02 Å². The summed E-state index contributed by atoms with van der Waals surface area (Å²) in [6.45, 7) is 0.247. The number of nitrogens with zero attached hydrogens (tertiary/aromatic N) is 2. The number of thiophene rings is 1. The normalized spacial score (nSPS) is 10.7. The first-order valence-electron chi connectivity index (χ1n) is 5.78. The Hall–Kier alpha value is -1.92. The van der Waals surface area contributed by atoms with Crippen LogP contribution in [0.25, 0.3) is 10.7 Å². The van der Waals surface area contributed by atoms with Crippen LogP contribution < -0.4 is 5.32 Å². The molecule has 0 bridgehead atoms. The first-order valence-corrected chi connectivity index (χ1v) is 7.03. The monoisotopic (exact) mass is 309 g/mol. The number of rotatable bonds is 4. The minimum Gasteiger partial charge on any atom is -0.374 e. The van der Waals surface area contributed by atoms with Crippen LogP contribution in [0.15, 0.2) is 40.2 Å². The first kappa shape index (κ1) is 13.1. The van der Waals surface area contributed by atoms with Gasteiger partial charge in [0.05, 0.1) is 17.1 Å². The molecule has 0 atom stereocenters. The number of hydrogen-bond donors (Lipinski definition) is 1. The van der Waals surface area contributed by atoms with Crippen molar-refractivity contribution in [3.05, 3.63) is 52.4 Å². The van der Waals surface area contributed by atoms with Crippen LogP contribution in [0.4, 0.5) is 10.1 Å². The van der Waals surface area contributed by atoms with E-state index in [9.17, 15) is 4.39 Å². The molecule has 0 saturated heterocycles. The van der Waals surface area contributed by atoms with Crippen molar-refractivity contribution >= 4 is 28.6 Å². The van der Waals surface area contributed by atoms with Crippen LogP contribution in [-0.4, -0.2) is 10.1 Å². The van der Waals surface area contributed by atoms with E-state index in [1.807, 2.05) is 17.5 Å². The summed E-state index contributed by atoms with van der Waals surface area (Å²) in [6.07, 6.45) is 0. The van der Waals surface area contributed by atoms with Crippen LogP contribution in [0.3, 0.4) is 0 Å². The predicted octanol–water partition coefficient (Wildman–Crippen LogP) is 4.20. The van der Waals surface area contributed by atoms with Crippen LogP contribution in [0.5, 0.6) is 0 Å². The van der Waals surface area contributed by atoms with Gasteiger partial charge in [0.25, 0.3) is 0 Å². The second kappa shape index (κ2) is 5.60. The highest BCUT2D eigenvalue weighted by atomic mass is 35.5. The summed E-state index contributed by atoms with van der Waals surface area (Å²) in [6, 6.07) is 8.24. The summed E-state index contributed by atoms with van der Waals surface area (Å²) < 4.78 is 18.7. The van der Waals surface area contributed by atoms with E-state index in [0.717, 1.165) is 4.88 Å². The average molecular weight is 310 g/mol. The zero-order chi connectivity index (χ0) is 13.9. The molecule has 1 N–H and O–H groups in total. The fourth-order valence-electron chi connectivity index (χ4n) is 1.64. The highest BCUT2D eigenvalue weighted by Gasteiger charge is 2.10. The fraction of sp³-hybridized carbons (Fsp3) is 0.0769. The van der Waals surface area contributed by atoms with Crippen molar-refractivity contribution < 1.29 is 8.91 Å². The van der Waals surface area contributed by atoms with E-state index >= 15 is 0 Å². The van der Waals surface area contributed by atoms with Gasteiger partial charge in [-0.2, -0.15) is 4.98 Å². The van der Waals surface area contributed by atoms with Gasteiger partial charge < -0.3 is 9.84 Å². The third-order valence-corrected chi connectivity index (χ3v) is 3.67. The van der Waals surface area contributed by atoms with E-state index in [0.29, 0.717) is 22.4 Å². The fourth-order valence-corrected chi connectivity index (χ4v) is 2.44. The Morgan fingerprint density at radius 1 is 1.35 bits per heavy atom. The molecule has 0 aliphatic heterocycles. The van der Waals surface area contributed by atoms with Crippen LogP contribution in [0, 0.1) is 5.82 Å². The second-order valence-electron chi connectivity index (χ2n) is 3.97. The van der Waals surface area contributed by atoms with Gasteiger partial charge in [-0.25, -0.2) is 4.39 Å². The zero-order valence-electron chi connectivity index (χ0n) is 10.1. The summed E-state index contributed by atoms with van der Waals surface area (Å²) in [5.41, 5.74) is 0.338. The molecule has 2 aromatic heterocycles. The van der Waals surface area contributed by atoms with Crippen LogP contribution >= 0.6 is 22.9 Å². The quantitative estimate of drug-likeness (QED) is 0.784.